The van der Waals surface area contributed by atoms with Crippen molar-refractivity contribution >= 4 is 5.91 Å². The van der Waals surface area contributed by atoms with Crippen molar-refractivity contribution in [3.63, 3.8) is 0 Å². The van der Waals surface area contributed by atoms with Crippen molar-refractivity contribution in [2.75, 3.05) is 6.54 Å². The Hall–Kier alpha value is -0.570. The van der Waals surface area contributed by atoms with Crippen LogP contribution >= 0.6 is 0 Å². The largest absolute Gasteiger partial charge is 0.393 e. The van der Waals surface area contributed by atoms with E-state index in [4.69, 9.17) is 0 Å². The topological polar surface area (TPSA) is 40.5 Å². The molecule has 98 valence electrons. The van der Waals surface area contributed by atoms with E-state index >= 15 is 0 Å². The van der Waals surface area contributed by atoms with Gasteiger partial charge in [0.05, 0.1) is 6.10 Å². The summed E-state index contributed by atoms with van der Waals surface area (Å²) < 4.78 is 0. The molecular weight excluding hydrogens is 214 g/mol. The van der Waals surface area contributed by atoms with Crippen LogP contribution in [-0.4, -0.2) is 34.6 Å². The highest BCUT2D eigenvalue weighted by molar-refractivity contribution is 5.79. The standard InChI is InChI=1S/C14H25NO2/c1-13(2)8-12(17)15(9-13)11-7-10(16)5-6-14(11,3)4/h10-11,16H,5-9H2,1-4H3. The maximum absolute atomic E-state index is 12.1. The molecule has 2 fully saturated rings. The van der Waals surface area contributed by atoms with Crippen molar-refractivity contribution in [1.82, 2.24) is 4.90 Å². The number of hydrogen-bond acceptors (Lipinski definition) is 2. The minimum atomic E-state index is -0.232. The molecule has 0 aromatic heterocycles. The van der Waals surface area contributed by atoms with Gasteiger partial charge >= 0.3 is 0 Å². The highest BCUT2D eigenvalue weighted by Crippen LogP contribution is 2.43. The highest BCUT2D eigenvalue weighted by atomic mass is 16.3. The quantitative estimate of drug-likeness (QED) is 0.762. The Morgan fingerprint density at radius 1 is 1.29 bits per heavy atom. The smallest absolute Gasteiger partial charge is 0.223 e. The third-order valence-electron chi connectivity index (χ3n) is 4.44. The van der Waals surface area contributed by atoms with Crippen molar-refractivity contribution < 1.29 is 9.90 Å². The molecular formula is C14H25NO2. The average Bonchev–Trinajstić information content (AvgIpc) is 2.44. The predicted octanol–water partition coefficient (Wildman–Crippen LogP) is 2.18. The first-order valence-corrected chi connectivity index (χ1v) is 6.69. The monoisotopic (exact) mass is 239 g/mol. The zero-order valence-electron chi connectivity index (χ0n) is 11.5. The molecule has 1 amide bonds. The first-order valence-electron chi connectivity index (χ1n) is 6.69. The molecule has 0 radical (unpaired) electrons. The van der Waals surface area contributed by atoms with Crippen molar-refractivity contribution in [2.24, 2.45) is 10.8 Å². The minimum absolute atomic E-state index is 0.0928. The van der Waals surface area contributed by atoms with E-state index in [0.29, 0.717) is 6.42 Å². The van der Waals surface area contributed by atoms with Crippen LogP contribution in [0.1, 0.15) is 53.4 Å². The zero-order chi connectivity index (χ0) is 12.8. The van der Waals surface area contributed by atoms with Gasteiger partial charge in [-0.1, -0.05) is 27.7 Å². The Morgan fingerprint density at radius 3 is 2.47 bits per heavy atom. The van der Waals surface area contributed by atoms with Crippen LogP contribution in [0.25, 0.3) is 0 Å². The maximum Gasteiger partial charge on any atom is 0.223 e. The number of nitrogens with zero attached hydrogens (tertiary/aromatic N) is 1. The normalized spacial score (nSPS) is 36.3. The van der Waals surface area contributed by atoms with Gasteiger partial charge in [0, 0.05) is 19.0 Å². The number of hydrogen-bond donors (Lipinski definition) is 1. The Labute approximate surface area is 104 Å². The minimum Gasteiger partial charge on any atom is -0.393 e. The lowest BCUT2D eigenvalue weighted by atomic mass is 9.71. The van der Waals surface area contributed by atoms with E-state index in [0.717, 1.165) is 25.8 Å². The molecule has 17 heavy (non-hydrogen) atoms. The van der Waals surface area contributed by atoms with Crippen LogP contribution in [0.15, 0.2) is 0 Å². The Balaban J connectivity index is 2.18. The maximum atomic E-state index is 12.1. The van der Waals surface area contributed by atoms with Crippen molar-refractivity contribution in [3.8, 4) is 0 Å². The van der Waals surface area contributed by atoms with Crippen LogP contribution in [0.5, 0.6) is 0 Å². The van der Waals surface area contributed by atoms with E-state index in [1.165, 1.54) is 0 Å². The third kappa shape index (κ3) is 2.49. The van der Waals surface area contributed by atoms with E-state index in [1.807, 2.05) is 4.90 Å². The number of aliphatic hydroxyl groups is 1. The van der Waals surface area contributed by atoms with E-state index in [2.05, 4.69) is 27.7 Å². The lowest BCUT2D eigenvalue weighted by molar-refractivity contribution is -0.134. The van der Waals surface area contributed by atoms with Crippen molar-refractivity contribution in [1.29, 1.82) is 0 Å². The fourth-order valence-electron chi connectivity index (χ4n) is 3.35. The molecule has 0 aromatic carbocycles. The average molecular weight is 239 g/mol. The first-order chi connectivity index (χ1) is 7.71. The lowest BCUT2D eigenvalue weighted by Crippen LogP contribution is -2.51. The van der Waals surface area contributed by atoms with E-state index in [9.17, 15) is 9.90 Å². The number of rotatable bonds is 1. The fraction of sp³-hybridized carbons (Fsp3) is 0.929. The summed E-state index contributed by atoms with van der Waals surface area (Å²) >= 11 is 0. The van der Waals surface area contributed by atoms with Crippen LogP contribution in [-0.2, 0) is 4.79 Å². The van der Waals surface area contributed by atoms with Crippen LogP contribution in [0.3, 0.4) is 0 Å². The van der Waals surface area contributed by atoms with Gasteiger partial charge in [0.15, 0.2) is 0 Å². The summed E-state index contributed by atoms with van der Waals surface area (Å²) in [4.78, 5) is 14.2. The van der Waals surface area contributed by atoms with Gasteiger partial charge in [-0.15, -0.1) is 0 Å². The number of likely N-dealkylation sites (tertiary alicyclic amines) is 1. The molecule has 1 heterocycles. The summed E-state index contributed by atoms with van der Waals surface area (Å²) in [5.74, 6) is 0.266. The Morgan fingerprint density at radius 2 is 1.94 bits per heavy atom. The first kappa shape index (κ1) is 12.9. The lowest BCUT2D eigenvalue weighted by Gasteiger charge is -2.45. The van der Waals surface area contributed by atoms with E-state index in [1.54, 1.807) is 0 Å². The summed E-state index contributed by atoms with van der Waals surface area (Å²) in [5, 5.41) is 9.85. The molecule has 2 unspecified atom stereocenters. The van der Waals surface area contributed by atoms with Gasteiger partial charge < -0.3 is 10.0 Å². The van der Waals surface area contributed by atoms with Gasteiger partial charge in [-0.05, 0) is 30.1 Å². The van der Waals surface area contributed by atoms with Gasteiger partial charge in [0.2, 0.25) is 5.91 Å². The van der Waals surface area contributed by atoms with E-state index in [-0.39, 0.29) is 28.9 Å². The molecule has 1 saturated heterocycles. The van der Waals surface area contributed by atoms with Gasteiger partial charge in [0.25, 0.3) is 0 Å². The number of aliphatic hydroxyl groups excluding tert-OH is 1. The second-order valence-electron chi connectivity index (χ2n) is 7.30. The van der Waals surface area contributed by atoms with Gasteiger partial charge in [0.1, 0.15) is 0 Å². The van der Waals surface area contributed by atoms with Gasteiger partial charge in [-0.25, -0.2) is 0 Å². The molecule has 1 saturated carbocycles. The summed E-state index contributed by atoms with van der Waals surface area (Å²) in [6.45, 7) is 9.59. The fourth-order valence-corrected chi connectivity index (χ4v) is 3.35. The molecule has 1 aliphatic heterocycles. The molecule has 3 heteroatoms. The summed E-state index contributed by atoms with van der Waals surface area (Å²) in [6, 6.07) is 0.209. The number of carbonyl (C=O) groups is 1. The summed E-state index contributed by atoms with van der Waals surface area (Å²) in [5.41, 5.74) is 0.227. The molecule has 1 aliphatic carbocycles. The number of amides is 1. The molecule has 2 atom stereocenters. The second kappa shape index (κ2) is 3.98. The van der Waals surface area contributed by atoms with Crippen LogP contribution in [0.2, 0.25) is 0 Å². The predicted molar refractivity (Wildman–Crippen MR) is 67.5 cm³/mol. The summed E-state index contributed by atoms with van der Waals surface area (Å²) in [7, 11) is 0. The molecule has 3 nitrogen and oxygen atoms in total. The SMILES string of the molecule is CC1(C)CC(=O)N(C2CC(O)CCC2(C)C)C1. The van der Waals surface area contributed by atoms with Crippen molar-refractivity contribution in [2.45, 2.75) is 65.5 Å². The van der Waals surface area contributed by atoms with Crippen LogP contribution < -0.4 is 0 Å². The molecule has 2 aliphatic rings. The van der Waals surface area contributed by atoms with Crippen LogP contribution in [0, 0.1) is 10.8 Å². The third-order valence-corrected chi connectivity index (χ3v) is 4.44. The molecule has 1 N–H and O–H groups in total. The molecule has 0 spiro atoms. The summed E-state index contributed by atoms with van der Waals surface area (Å²) in [6.07, 6.45) is 3.03. The van der Waals surface area contributed by atoms with Crippen molar-refractivity contribution in [3.05, 3.63) is 0 Å². The number of carbonyl (C=O) groups excluding carboxylic acids is 1. The second-order valence-corrected chi connectivity index (χ2v) is 7.30. The zero-order valence-corrected chi connectivity index (χ0v) is 11.5. The Bertz CT molecular complexity index is 322. The van der Waals surface area contributed by atoms with Gasteiger partial charge in [-0.2, -0.15) is 0 Å². The molecule has 0 bridgehead atoms. The molecule has 0 aromatic rings. The van der Waals surface area contributed by atoms with Gasteiger partial charge in [-0.3, -0.25) is 4.79 Å². The van der Waals surface area contributed by atoms with E-state index < -0.39 is 0 Å². The molecule has 2 rings (SSSR count). The Kier molecular flexibility index (Phi) is 3.01. The highest BCUT2D eigenvalue weighted by Gasteiger charge is 2.46. The van der Waals surface area contributed by atoms with Crippen LogP contribution in [0.4, 0.5) is 0 Å².